The zero-order valence-electron chi connectivity index (χ0n) is 10.4. The summed E-state index contributed by atoms with van der Waals surface area (Å²) >= 11 is 0. The second-order valence-corrected chi connectivity index (χ2v) is 3.66. The lowest BCUT2D eigenvalue weighted by atomic mass is 10.2. The summed E-state index contributed by atoms with van der Waals surface area (Å²) in [5, 5.41) is 7.68. The lowest BCUT2D eigenvalue weighted by Crippen LogP contribution is -2.23. The van der Waals surface area contributed by atoms with Crippen LogP contribution in [0.1, 0.15) is 5.56 Å². The number of carbonyl (C=O) groups excluding carboxylic acids is 1. The molecule has 1 amide bonds. The first-order chi connectivity index (χ1) is 9.28. The molecule has 0 spiro atoms. The average Bonchev–Trinajstić information content (AvgIpc) is 2.92. The van der Waals surface area contributed by atoms with E-state index in [1.807, 2.05) is 24.3 Å². The molecule has 0 aliphatic rings. The largest absolute Gasteiger partial charge is 0.497 e. The van der Waals surface area contributed by atoms with Crippen LogP contribution < -0.4 is 10.2 Å². The second-order valence-electron chi connectivity index (χ2n) is 3.66. The van der Waals surface area contributed by atoms with Crippen LogP contribution in [0.4, 0.5) is 0 Å². The molecule has 0 aliphatic carbocycles. The Morgan fingerprint density at radius 1 is 1.58 bits per heavy atom. The van der Waals surface area contributed by atoms with E-state index >= 15 is 0 Å². The summed E-state index contributed by atoms with van der Waals surface area (Å²) in [5.41, 5.74) is 3.24. The number of rotatable bonds is 5. The third-order valence-electron chi connectivity index (χ3n) is 2.27. The van der Waals surface area contributed by atoms with Crippen molar-refractivity contribution in [1.29, 1.82) is 0 Å². The number of amides is 1. The Labute approximate surface area is 109 Å². The molecular formula is C12H13N5O2. The summed E-state index contributed by atoms with van der Waals surface area (Å²) in [5.74, 6) is 0.461. The van der Waals surface area contributed by atoms with Crippen LogP contribution >= 0.6 is 0 Å². The Balaban J connectivity index is 1.87. The van der Waals surface area contributed by atoms with E-state index in [-0.39, 0.29) is 12.5 Å². The highest BCUT2D eigenvalue weighted by atomic mass is 16.5. The molecule has 0 saturated heterocycles. The van der Waals surface area contributed by atoms with Crippen molar-refractivity contribution in [2.45, 2.75) is 6.54 Å². The van der Waals surface area contributed by atoms with Crippen molar-refractivity contribution in [2.75, 3.05) is 7.11 Å². The summed E-state index contributed by atoms with van der Waals surface area (Å²) < 4.78 is 6.50. The van der Waals surface area contributed by atoms with Gasteiger partial charge in [-0.05, 0) is 17.7 Å². The Hall–Kier alpha value is -2.70. The van der Waals surface area contributed by atoms with Crippen molar-refractivity contribution in [3.63, 3.8) is 0 Å². The monoisotopic (exact) mass is 259 g/mol. The second kappa shape index (κ2) is 6.29. The number of benzene rings is 1. The molecule has 1 heterocycles. The fourth-order valence-electron chi connectivity index (χ4n) is 1.40. The molecule has 19 heavy (non-hydrogen) atoms. The molecule has 2 rings (SSSR count). The van der Waals surface area contributed by atoms with Gasteiger partial charge in [0.15, 0.2) is 0 Å². The van der Waals surface area contributed by atoms with Gasteiger partial charge in [-0.1, -0.05) is 12.1 Å². The summed E-state index contributed by atoms with van der Waals surface area (Å²) in [6.07, 6.45) is 4.37. The van der Waals surface area contributed by atoms with E-state index in [9.17, 15) is 4.79 Å². The van der Waals surface area contributed by atoms with Gasteiger partial charge in [-0.3, -0.25) is 4.79 Å². The van der Waals surface area contributed by atoms with E-state index in [0.29, 0.717) is 0 Å². The van der Waals surface area contributed by atoms with Gasteiger partial charge in [0, 0.05) is 0 Å². The highest BCUT2D eigenvalue weighted by molar-refractivity contribution is 5.82. The molecule has 2 aromatic rings. The number of methoxy groups -OCH3 is 1. The van der Waals surface area contributed by atoms with Gasteiger partial charge in [-0.15, -0.1) is 0 Å². The van der Waals surface area contributed by atoms with Crippen molar-refractivity contribution in [3.8, 4) is 5.75 Å². The van der Waals surface area contributed by atoms with Crippen molar-refractivity contribution < 1.29 is 9.53 Å². The normalized spacial score (nSPS) is 10.6. The Morgan fingerprint density at radius 3 is 3.21 bits per heavy atom. The minimum Gasteiger partial charge on any atom is -0.497 e. The van der Waals surface area contributed by atoms with Crippen LogP contribution in [0, 0.1) is 0 Å². The molecule has 0 aliphatic heterocycles. The number of carbonyl (C=O) groups is 1. The van der Waals surface area contributed by atoms with E-state index < -0.39 is 0 Å². The number of hydrogen-bond donors (Lipinski definition) is 1. The summed E-state index contributed by atoms with van der Waals surface area (Å²) in [6.45, 7) is 0.0788. The topological polar surface area (TPSA) is 81.4 Å². The molecule has 0 atom stereocenters. The maximum absolute atomic E-state index is 11.5. The van der Waals surface area contributed by atoms with E-state index in [0.717, 1.165) is 11.3 Å². The standard InChI is InChI=1S/C12H13N5O2/c1-19-11-4-2-3-10(5-11)6-14-16-12(18)7-17-9-13-8-15-17/h2-6,8-9H,7H2,1H3,(H,16,18)/b14-6+. The van der Waals surface area contributed by atoms with Crippen molar-refractivity contribution >= 4 is 12.1 Å². The highest BCUT2D eigenvalue weighted by Gasteiger charge is 2.00. The van der Waals surface area contributed by atoms with Crippen LogP contribution in [0.5, 0.6) is 5.75 Å². The Morgan fingerprint density at radius 2 is 2.47 bits per heavy atom. The maximum atomic E-state index is 11.5. The Bertz CT molecular complexity index is 565. The fraction of sp³-hybridized carbons (Fsp3) is 0.167. The van der Waals surface area contributed by atoms with Crippen LogP contribution in [0.2, 0.25) is 0 Å². The third-order valence-corrected chi connectivity index (χ3v) is 2.27. The molecule has 7 heteroatoms. The molecule has 1 aromatic heterocycles. The number of ether oxygens (including phenoxy) is 1. The molecule has 0 fully saturated rings. The summed E-state index contributed by atoms with van der Waals surface area (Å²) in [7, 11) is 1.59. The van der Waals surface area contributed by atoms with Gasteiger partial charge in [0.25, 0.3) is 5.91 Å². The molecular weight excluding hydrogens is 246 g/mol. The van der Waals surface area contributed by atoms with Gasteiger partial charge >= 0.3 is 0 Å². The van der Waals surface area contributed by atoms with Gasteiger partial charge in [0.1, 0.15) is 24.9 Å². The van der Waals surface area contributed by atoms with Crippen molar-refractivity contribution in [2.24, 2.45) is 5.10 Å². The smallest absolute Gasteiger partial charge is 0.261 e. The predicted octanol–water partition coefficient (Wildman–Crippen LogP) is 0.437. The molecule has 0 unspecified atom stereocenters. The summed E-state index contributed by atoms with van der Waals surface area (Å²) in [4.78, 5) is 15.2. The van der Waals surface area contributed by atoms with Gasteiger partial charge in [0.05, 0.1) is 13.3 Å². The SMILES string of the molecule is COc1cccc(/C=N/NC(=O)Cn2cncn2)c1. The van der Waals surface area contributed by atoms with E-state index in [1.54, 1.807) is 13.3 Å². The molecule has 1 aromatic carbocycles. The molecule has 1 N–H and O–H groups in total. The zero-order valence-corrected chi connectivity index (χ0v) is 10.4. The molecule has 98 valence electrons. The van der Waals surface area contributed by atoms with E-state index in [4.69, 9.17) is 4.74 Å². The quantitative estimate of drug-likeness (QED) is 0.624. The van der Waals surface area contributed by atoms with Crippen LogP contribution in [0.25, 0.3) is 0 Å². The number of hydrogen-bond acceptors (Lipinski definition) is 5. The first-order valence-corrected chi connectivity index (χ1v) is 5.56. The average molecular weight is 259 g/mol. The number of nitrogens with one attached hydrogen (secondary N) is 1. The lowest BCUT2D eigenvalue weighted by molar-refractivity contribution is -0.121. The fourth-order valence-corrected chi connectivity index (χ4v) is 1.40. The van der Waals surface area contributed by atoms with Crippen molar-refractivity contribution in [1.82, 2.24) is 20.2 Å². The predicted molar refractivity (Wildman–Crippen MR) is 68.8 cm³/mol. The van der Waals surface area contributed by atoms with Crippen LogP contribution in [0.3, 0.4) is 0 Å². The number of aromatic nitrogens is 3. The molecule has 7 nitrogen and oxygen atoms in total. The van der Waals surface area contributed by atoms with Gasteiger partial charge in [-0.2, -0.15) is 10.2 Å². The number of hydrazone groups is 1. The van der Waals surface area contributed by atoms with Gasteiger partial charge in [0.2, 0.25) is 0 Å². The zero-order chi connectivity index (χ0) is 13.5. The third kappa shape index (κ3) is 3.91. The highest BCUT2D eigenvalue weighted by Crippen LogP contribution is 2.10. The minimum absolute atomic E-state index is 0.0788. The first-order valence-electron chi connectivity index (χ1n) is 5.56. The van der Waals surface area contributed by atoms with Crippen LogP contribution in [0.15, 0.2) is 42.0 Å². The van der Waals surface area contributed by atoms with E-state index in [2.05, 4.69) is 20.6 Å². The molecule has 0 bridgehead atoms. The Kier molecular flexibility index (Phi) is 4.22. The maximum Gasteiger partial charge on any atom is 0.261 e. The minimum atomic E-state index is -0.273. The summed E-state index contributed by atoms with van der Waals surface area (Å²) in [6, 6.07) is 7.35. The lowest BCUT2D eigenvalue weighted by Gasteiger charge is -2.00. The first kappa shape index (κ1) is 12.7. The van der Waals surface area contributed by atoms with Gasteiger partial charge < -0.3 is 4.74 Å². The van der Waals surface area contributed by atoms with Gasteiger partial charge in [-0.25, -0.2) is 15.1 Å². The molecule has 0 saturated carbocycles. The van der Waals surface area contributed by atoms with Crippen LogP contribution in [-0.2, 0) is 11.3 Å². The van der Waals surface area contributed by atoms with Crippen molar-refractivity contribution in [3.05, 3.63) is 42.5 Å². The number of nitrogens with zero attached hydrogens (tertiary/aromatic N) is 4. The molecule has 0 radical (unpaired) electrons. The van der Waals surface area contributed by atoms with Crippen LogP contribution in [-0.4, -0.2) is 34.0 Å². The van der Waals surface area contributed by atoms with E-state index in [1.165, 1.54) is 17.3 Å².